The van der Waals surface area contributed by atoms with E-state index in [4.69, 9.17) is 24.3 Å². The van der Waals surface area contributed by atoms with Crippen molar-refractivity contribution in [1.82, 2.24) is 4.98 Å². The van der Waals surface area contributed by atoms with Crippen LogP contribution in [-0.4, -0.2) is 47.3 Å². The Hall–Kier alpha value is -5.97. The molecule has 4 aromatic rings. The van der Waals surface area contributed by atoms with Crippen LogP contribution in [0.5, 0.6) is 17.2 Å². The van der Waals surface area contributed by atoms with Gasteiger partial charge in [-0.05, 0) is 30.7 Å². The molecule has 1 heterocycles. The molecule has 0 atom stereocenters. The van der Waals surface area contributed by atoms with Crippen molar-refractivity contribution in [3.8, 4) is 34.4 Å². The predicted molar refractivity (Wildman–Crippen MR) is 145 cm³/mol. The minimum atomic E-state index is -0.934. The number of nitro benzene ring substituents is 2. The molecule has 0 amide bonds. The lowest BCUT2D eigenvalue weighted by molar-refractivity contribution is -0.394. The number of H-pyrrole nitrogens is 1. The lowest BCUT2D eigenvalue weighted by Crippen LogP contribution is -2.21. The van der Waals surface area contributed by atoms with E-state index in [0.717, 1.165) is 23.8 Å². The molecular weight excluding hydrogens is 538 g/mol. The van der Waals surface area contributed by atoms with E-state index in [-0.39, 0.29) is 17.9 Å². The number of hydrogen-bond acceptors (Lipinski definition) is 11. The highest BCUT2D eigenvalue weighted by Gasteiger charge is 2.29. The normalized spacial score (nSPS) is 11.0. The van der Waals surface area contributed by atoms with E-state index in [1.807, 2.05) is 0 Å². The molecule has 0 saturated heterocycles. The molecule has 1 N–H and O–H groups in total. The number of esters is 1. The Kier molecular flexibility index (Phi) is 8.09. The number of fused-ring (bicyclic) bond motifs is 1. The third kappa shape index (κ3) is 5.45. The number of carbonyl (C=O) groups is 1. The summed E-state index contributed by atoms with van der Waals surface area (Å²) in [7, 11) is 2.82. The number of rotatable bonds is 10. The standard InChI is InChI=1S/C27H21N5O9/c1-4-40-27(33)26(30-41-20-10-9-17(31(34)35)11-19(20)32(36)37)24-22(39-3)12-21(38-2)23-18(14-29-25(23)24)16-7-5-15(13-28)6-8-16/h5-12,14,29H,4H2,1-3H3/b30-26-. The summed E-state index contributed by atoms with van der Waals surface area (Å²) in [5.41, 5.74) is 0.645. The van der Waals surface area contributed by atoms with E-state index in [1.54, 1.807) is 37.4 Å². The monoisotopic (exact) mass is 559 g/mol. The molecule has 0 aliphatic rings. The summed E-state index contributed by atoms with van der Waals surface area (Å²) < 4.78 is 16.3. The van der Waals surface area contributed by atoms with Gasteiger partial charge >= 0.3 is 11.7 Å². The second-order valence-corrected chi connectivity index (χ2v) is 8.22. The molecule has 0 aliphatic carbocycles. The van der Waals surface area contributed by atoms with Crippen molar-refractivity contribution in [2.24, 2.45) is 5.16 Å². The highest BCUT2D eigenvalue weighted by Crippen LogP contribution is 2.42. The Morgan fingerprint density at radius 2 is 1.71 bits per heavy atom. The summed E-state index contributed by atoms with van der Waals surface area (Å²) in [6.45, 7) is 1.55. The number of hydrogen-bond donors (Lipinski definition) is 1. The van der Waals surface area contributed by atoms with Crippen molar-refractivity contribution in [2.75, 3.05) is 20.8 Å². The summed E-state index contributed by atoms with van der Waals surface area (Å²) in [4.78, 5) is 42.6. The summed E-state index contributed by atoms with van der Waals surface area (Å²) in [6.07, 6.45) is 1.67. The van der Waals surface area contributed by atoms with Crippen LogP contribution in [-0.2, 0) is 9.53 Å². The van der Waals surface area contributed by atoms with Crippen molar-refractivity contribution < 1.29 is 33.7 Å². The van der Waals surface area contributed by atoms with E-state index in [1.165, 1.54) is 20.3 Å². The van der Waals surface area contributed by atoms with Gasteiger partial charge < -0.3 is 24.0 Å². The van der Waals surface area contributed by atoms with Gasteiger partial charge in [0.1, 0.15) is 11.5 Å². The van der Waals surface area contributed by atoms with E-state index in [9.17, 15) is 25.0 Å². The Labute approximate surface area is 231 Å². The number of aromatic amines is 1. The Morgan fingerprint density at radius 3 is 2.29 bits per heavy atom. The molecule has 0 aliphatic heterocycles. The average molecular weight is 559 g/mol. The van der Waals surface area contributed by atoms with Gasteiger partial charge in [-0.15, -0.1) is 0 Å². The van der Waals surface area contributed by atoms with Gasteiger partial charge in [-0.2, -0.15) is 5.26 Å². The smallest absolute Gasteiger partial charge is 0.361 e. The van der Waals surface area contributed by atoms with Crippen molar-refractivity contribution >= 4 is 34.0 Å². The molecule has 0 saturated carbocycles. The number of nitrogens with zero attached hydrogens (tertiary/aromatic N) is 4. The van der Waals surface area contributed by atoms with Crippen molar-refractivity contribution in [3.63, 3.8) is 0 Å². The summed E-state index contributed by atoms with van der Waals surface area (Å²) in [5.74, 6) is -0.861. The zero-order valence-electron chi connectivity index (χ0n) is 21.9. The summed E-state index contributed by atoms with van der Waals surface area (Å²) in [5, 5.41) is 36.3. The molecular formula is C27H21N5O9. The van der Waals surface area contributed by atoms with Crippen LogP contribution in [0.15, 0.2) is 59.9 Å². The van der Waals surface area contributed by atoms with E-state index in [2.05, 4.69) is 16.2 Å². The van der Waals surface area contributed by atoms with Gasteiger partial charge in [-0.25, -0.2) is 4.79 Å². The number of benzene rings is 3. The summed E-state index contributed by atoms with van der Waals surface area (Å²) in [6, 6.07) is 13.1. The van der Waals surface area contributed by atoms with Crippen LogP contribution in [0.4, 0.5) is 11.4 Å². The topological polar surface area (TPSA) is 192 Å². The van der Waals surface area contributed by atoms with Crippen LogP contribution >= 0.6 is 0 Å². The molecule has 0 fully saturated rings. The van der Waals surface area contributed by atoms with E-state index < -0.39 is 38.7 Å². The lowest BCUT2D eigenvalue weighted by atomic mass is 9.98. The number of methoxy groups -OCH3 is 2. The van der Waals surface area contributed by atoms with Crippen LogP contribution in [0.3, 0.4) is 0 Å². The zero-order chi connectivity index (χ0) is 29.7. The fourth-order valence-corrected chi connectivity index (χ4v) is 4.09. The number of aromatic nitrogens is 1. The molecule has 1 aromatic heterocycles. The van der Waals surface area contributed by atoms with E-state index in [0.29, 0.717) is 27.8 Å². The zero-order valence-corrected chi connectivity index (χ0v) is 21.9. The first-order chi connectivity index (χ1) is 19.7. The molecule has 0 unspecified atom stereocenters. The Bertz CT molecular complexity index is 1740. The van der Waals surface area contributed by atoms with Crippen molar-refractivity contribution in [2.45, 2.75) is 6.92 Å². The molecule has 14 nitrogen and oxygen atoms in total. The first-order valence-electron chi connectivity index (χ1n) is 11.9. The van der Waals surface area contributed by atoms with Gasteiger partial charge in [0.2, 0.25) is 11.5 Å². The molecule has 41 heavy (non-hydrogen) atoms. The number of non-ortho nitro benzene ring substituents is 1. The van der Waals surface area contributed by atoms with Crippen LogP contribution in [0.2, 0.25) is 0 Å². The molecule has 14 heteroatoms. The number of nitriles is 1. The fourth-order valence-electron chi connectivity index (χ4n) is 4.09. The largest absolute Gasteiger partial charge is 0.496 e. The maximum Gasteiger partial charge on any atom is 0.361 e. The van der Waals surface area contributed by atoms with E-state index >= 15 is 0 Å². The average Bonchev–Trinajstić information content (AvgIpc) is 3.42. The van der Waals surface area contributed by atoms with Gasteiger partial charge in [0.15, 0.2) is 0 Å². The second-order valence-electron chi connectivity index (χ2n) is 8.22. The van der Waals surface area contributed by atoms with Gasteiger partial charge in [-0.1, -0.05) is 17.3 Å². The fraction of sp³-hybridized carbons (Fsp3) is 0.148. The highest BCUT2D eigenvalue weighted by atomic mass is 16.7. The first-order valence-corrected chi connectivity index (χ1v) is 11.9. The van der Waals surface area contributed by atoms with Gasteiger partial charge in [-0.3, -0.25) is 20.2 Å². The first kappa shape index (κ1) is 28.0. The molecule has 208 valence electrons. The molecule has 3 aromatic carbocycles. The number of nitrogens with one attached hydrogen (secondary N) is 1. The number of oxime groups is 1. The van der Waals surface area contributed by atoms with Crippen LogP contribution in [0, 0.1) is 31.6 Å². The van der Waals surface area contributed by atoms with Crippen LogP contribution in [0.1, 0.15) is 18.1 Å². The Morgan fingerprint density at radius 1 is 1.00 bits per heavy atom. The molecule has 4 rings (SSSR count). The number of nitro groups is 2. The highest BCUT2D eigenvalue weighted by molar-refractivity contribution is 6.46. The summed E-state index contributed by atoms with van der Waals surface area (Å²) >= 11 is 0. The van der Waals surface area contributed by atoms with Crippen LogP contribution < -0.4 is 14.3 Å². The Balaban J connectivity index is 1.95. The third-order valence-electron chi connectivity index (χ3n) is 5.94. The minimum Gasteiger partial charge on any atom is -0.496 e. The molecule has 0 bridgehead atoms. The third-order valence-corrected chi connectivity index (χ3v) is 5.94. The SMILES string of the molecule is CCOC(=O)/C(=N\Oc1ccc([N+](=O)[O-])cc1[N+](=O)[O-])c1c(OC)cc(OC)c2c(-c3ccc(C#N)cc3)c[nH]c12. The maximum absolute atomic E-state index is 13.2. The predicted octanol–water partition coefficient (Wildman–Crippen LogP) is 4.89. The molecule has 0 spiro atoms. The van der Waals surface area contributed by atoms with Gasteiger partial charge in [0.05, 0.1) is 64.8 Å². The van der Waals surface area contributed by atoms with Gasteiger partial charge in [0.25, 0.3) is 5.69 Å². The lowest BCUT2D eigenvalue weighted by Gasteiger charge is -2.15. The molecule has 0 radical (unpaired) electrons. The minimum absolute atomic E-state index is 0.0294. The number of ether oxygens (including phenoxy) is 3. The van der Waals surface area contributed by atoms with Crippen molar-refractivity contribution in [3.05, 3.63) is 86.1 Å². The number of carbonyl (C=O) groups excluding carboxylic acids is 1. The van der Waals surface area contributed by atoms with Crippen molar-refractivity contribution in [1.29, 1.82) is 5.26 Å². The quantitative estimate of drug-likeness (QED) is 0.121. The van der Waals surface area contributed by atoms with Gasteiger partial charge in [0, 0.05) is 23.9 Å². The van der Waals surface area contributed by atoms with Crippen LogP contribution in [0.25, 0.3) is 22.0 Å². The maximum atomic E-state index is 13.2. The second kappa shape index (κ2) is 11.8.